The Bertz CT molecular complexity index is 948. The molecule has 1 heterocycles. The Morgan fingerprint density at radius 1 is 0.941 bits per heavy atom. The molecular weight excluding hydrogens is 422 g/mol. The first-order valence-corrected chi connectivity index (χ1v) is 12.7. The smallest absolute Gasteiger partial charge is 0.268 e. The zero-order valence-electron chi connectivity index (χ0n) is 23.3. The van der Waals surface area contributed by atoms with Crippen LogP contribution in [0, 0.1) is 0 Å². The van der Waals surface area contributed by atoms with Gasteiger partial charge in [-0.25, -0.2) is 0 Å². The van der Waals surface area contributed by atoms with Gasteiger partial charge in [0.05, 0.1) is 6.10 Å². The molecule has 0 aliphatic rings. The molecule has 5 nitrogen and oxygen atoms in total. The Labute approximate surface area is 207 Å². The van der Waals surface area contributed by atoms with E-state index in [0.29, 0.717) is 12.3 Å². The fraction of sp³-hybridized carbons (Fsp3) is 0.621. The number of hydrogen-bond donors (Lipinski definition) is 2. The maximum atomic E-state index is 14.0. The van der Waals surface area contributed by atoms with Gasteiger partial charge in [0.1, 0.15) is 11.5 Å². The van der Waals surface area contributed by atoms with E-state index >= 15 is 0 Å². The predicted molar refractivity (Wildman–Crippen MR) is 145 cm³/mol. The van der Waals surface area contributed by atoms with Crippen LogP contribution in [0.3, 0.4) is 0 Å². The van der Waals surface area contributed by atoms with Gasteiger partial charge in [0.2, 0.25) is 0 Å². The van der Waals surface area contributed by atoms with Crippen molar-refractivity contribution >= 4 is 11.7 Å². The molecule has 0 bridgehead atoms. The first kappa shape index (κ1) is 28.0. The Kier molecular flexibility index (Phi) is 8.68. The van der Waals surface area contributed by atoms with Crippen LogP contribution in [-0.4, -0.2) is 28.2 Å². The Morgan fingerprint density at radius 3 is 1.97 bits per heavy atom. The number of nitrogens with zero attached hydrogens (tertiary/aromatic N) is 1. The molecule has 0 aliphatic carbocycles. The van der Waals surface area contributed by atoms with Gasteiger partial charge in [0.15, 0.2) is 0 Å². The number of rotatable bonds is 8. The van der Waals surface area contributed by atoms with Gasteiger partial charge in [-0.05, 0) is 81.2 Å². The molecule has 190 valence electrons. The van der Waals surface area contributed by atoms with Gasteiger partial charge in [0.25, 0.3) is 5.91 Å². The van der Waals surface area contributed by atoms with Gasteiger partial charge in [0, 0.05) is 34.4 Å². The molecule has 0 saturated carbocycles. The van der Waals surface area contributed by atoms with Crippen LogP contribution in [0.25, 0.3) is 11.1 Å². The first-order chi connectivity index (χ1) is 15.6. The number of hydrogen-bond acceptors (Lipinski definition) is 3. The summed E-state index contributed by atoms with van der Waals surface area (Å²) in [6.07, 6.45) is 1.61. The average molecular weight is 470 g/mol. The molecule has 1 amide bonds. The van der Waals surface area contributed by atoms with Crippen LogP contribution in [0.2, 0.25) is 0 Å². The minimum Gasteiger partial charge on any atom is -0.374 e. The molecule has 2 rings (SSSR count). The largest absolute Gasteiger partial charge is 0.374 e. The fourth-order valence-electron chi connectivity index (χ4n) is 4.34. The summed E-state index contributed by atoms with van der Waals surface area (Å²) in [5, 5.41) is 7.01. The number of aromatic nitrogens is 1. The summed E-state index contributed by atoms with van der Waals surface area (Å²) in [7, 11) is 0. The van der Waals surface area contributed by atoms with Crippen LogP contribution in [0.5, 0.6) is 0 Å². The van der Waals surface area contributed by atoms with Crippen LogP contribution in [-0.2, 0) is 10.3 Å². The standard InChI is InChI=1S/C29H47N3O2/c1-12-17-21(34-13-2)23-22(20-18-15-14-16-19-20)25(30-27(3,4)5)32(29(9,10)11)24(23)26(33)31-28(6,7)8/h14-16,18-19,21,30H,12-13,17H2,1-11H3,(H,31,33). The quantitative estimate of drug-likeness (QED) is 0.420. The van der Waals surface area contributed by atoms with Crippen molar-refractivity contribution in [3.63, 3.8) is 0 Å². The van der Waals surface area contributed by atoms with Gasteiger partial charge in [-0.1, -0.05) is 43.7 Å². The fourth-order valence-corrected chi connectivity index (χ4v) is 4.34. The van der Waals surface area contributed by atoms with E-state index in [9.17, 15) is 4.79 Å². The van der Waals surface area contributed by atoms with E-state index in [-0.39, 0.29) is 28.6 Å². The first-order valence-electron chi connectivity index (χ1n) is 12.7. The molecule has 1 aromatic carbocycles. The van der Waals surface area contributed by atoms with Crippen LogP contribution < -0.4 is 10.6 Å². The molecule has 0 radical (unpaired) electrons. The van der Waals surface area contributed by atoms with Gasteiger partial charge in [-0.3, -0.25) is 4.79 Å². The molecule has 1 atom stereocenters. The van der Waals surface area contributed by atoms with Crippen molar-refractivity contribution in [3.05, 3.63) is 41.6 Å². The number of nitrogens with one attached hydrogen (secondary N) is 2. The molecule has 0 spiro atoms. The van der Waals surface area contributed by atoms with E-state index in [2.05, 4.69) is 87.9 Å². The summed E-state index contributed by atoms with van der Waals surface area (Å²) < 4.78 is 8.53. The minimum atomic E-state index is -0.363. The van der Waals surface area contributed by atoms with Crippen molar-refractivity contribution in [1.82, 2.24) is 9.88 Å². The lowest BCUT2D eigenvalue weighted by atomic mass is 9.94. The van der Waals surface area contributed by atoms with E-state index in [1.54, 1.807) is 0 Å². The van der Waals surface area contributed by atoms with Crippen molar-refractivity contribution < 1.29 is 9.53 Å². The summed E-state index contributed by atoms with van der Waals surface area (Å²) in [6, 6.07) is 10.4. The van der Waals surface area contributed by atoms with Crippen molar-refractivity contribution in [1.29, 1.82) is 0 Å². The van der Waals surface area contributed by atoms with E-state index in [4.69, 9.17) is 4.74 Å². The second-order valence-corrected chi connectivity index (χ2v) is 12.2. The minimum absolute atomic E-state index is 0.0719. The maximum Gasteiger partial charge on any atom is 0.268 e. The van der Waals surface area contributed by atoms with Gasteiger partial charge in [-0.15, -0.1) is 0 Å². The lowest BCUT2D eigenvalue weighted by molar-refractivity contribution is 0.0543. The zero-order valence-corrected chi connectivity index (χ0v) is 23.3. The van der Waals surface area contributed by atoms with Crippen LogP contribution in [0.1, 0.15) is 111 Å². The normalized spacial score (nSPS) is 13.6. The molecule has 2 aromatic rings. The molecule has 0 fully saturated rings. The van der Waals surface area contributed by atoms with Crippen molar-refractivity contribution in [2.24, 2.45) is 0 Å². The van der Waals surface area contributed by atoms with E-state index in [1.807, 2.05) is 33.8 Å². The summed E-state index contributed by atoms with van der Waals surface area (Å²) in [6.45, 7) is 23.8. The second-order valence-electron chi connectivity index (χ2n) is 12.2. The molecule has 0 aliphatic heterocycles. The highest BCUT2D eigenvalue weighted by atomic mass is 16.5. The summed E-state index contributed by atoms with van der Waals surface area (Å²) in [5.41, 5.74) is 2.87. The topological polar surface area (TPSA) is 55.3 Å². The number of benzene rings is 1. The molecule has 0 saturated heterocycles. The van der Waals surface area contributed by atoms with Crippen molar-refractivity contribution in [3.8, 4) is 11.1 Å². The second kappa shape index (κ2) is 10.6. The van der Waals surface area contributed by atoms with Gasteiger partial charge >= 0.3 is 0 Å². The molecule has 34 heavy (non-hydrogen) atoms. The lowest BCUT2D eigenvalue weighted by Gasteiger charge is -2.32. The maximum absolute atomic E-state index is 14.0. The third kappa shape index (κ3) is 6.88. The zero-order chi connectivity index (χ0) is 25.9. The highest BCUT2D eigenvalue weighted by Gasteiger charge is 2.37. The molecule has 1 aromatic heterocycles. The monoisotopic (exact) mass is 469 g/mol. The van der Waals surface area contributed by atoms with Crippen LogP contribution in [0.4, 0.5) is 5.82 Å². The highest BCUT2D eigenvalue weighted by Crippen LogP contribution is 2.46. The number of anilines is 1. The van der Waals surface area contributed by atoms with Crippen LogP contribution >= 0.6 is 0 Å². The Morgan fingerprint density at radius 2 is 1.53 bits per heavy atom. The average Bonchev–Trinajstić information content (AvgIpc) is 3.00. The third-order valence-electron chi connectivity index (χ3n) is 5.38. The molecular formula is C29H47N3O2. The SMILES string of the molecule is CCCC(OCC)c1c(-c2ccccc2)c(NC(C)(C)C)n(C(C)(C)C)c1C(=O)NC(C)(C)C. The number of ether oxygens (including phenoxy) is 1. The predicted octanol–water partition coefficient (Wildman–Crippen LogP) is 7.53. The van der Waals surface area contributed by atoms with Gasteiger partial charge < -0.3 is 19.9 Å². The summed E-state index contributed by atoms with van der Waals surface area (Å²) >= 11 is 0. The number of carbonyl (C=O) groups excluding carboxylic acids is 1. The highest BCUT2D eigenvalue weighted by molar-refractivity contribution is 6.00. The van der Waals surface area contributed by atoms with E-state index in [0.717, 1.165) is 35.3 Å². The molecule has 5 heteroatoms. The van der Waals surface area contributed by atoms with Gasteiger partial charge in [-0.2, -0.15) is 0 Å². The summed E-state index contributed by atoms with van der Waals surface area (Å²) in [5.74, 6) is 0.887. The number of carbonyl (C=O) groups is 1. The lowest BCUT2D eigenvalue weighted by Crippen LogP contribution is -2.43. The van der Waals surface area contributed by atoms with E-state index < -0.39 is 0 Å². The Balaban J connectivity index is 3.10. The molecule has 1 unspecified atom stereocenters. The molecule has 2 N–H and O–H groups in total. The van der Waals surface area contributed by atoms with Crippen molar-refractivity contribution in [2.45, 2.75) is 112 Å². The summed E-state index contributed by atoms with van der Waals surface area (Å²) in [4.78, 5) is 14.0. The number of amides is 1. The third-order valence-corrected chi connectivity index (χ3v) is 5.38. The Hall–Kier alpha value is -2.27. The van der Waals surface area contributed by atoms with Crippen LogP contribution in [0.15, 0.2) is 30.3 Å². The van der Waals surface area contributed by atoms with E-state index in [1.165, 1.54) is 0 Å². The van der Waals surface area contributed by atoms with Crippen molar-refractivity contribution in [2.75, 3.05) is 11.9 Å².